The van der Waals surface area contributed by atoms with E-state index in [1.807, 2.05) is 0 Å². The monoisotopic (exact) mass is 600 g/mol. The SMILES string of the molecule is [2H]c1c([2H])c([2H])c(-c2nc(-c3c([2H])c([2H])c4c([2H])c([2H])c([2H])c([2H])c4c3[2H])nc(-c3c([2H])c([2H])c([2H])c4oc5c(-c6c([2H])c([2H])c([2H])c([2H])c6[2H])c6c([2H])c([2H])c([2H])c([2H])c6c([2H])c5c34)n2)c([2H])c1[2H]. The Balaban J connectivity index is 1.56. The van der Waals surface area contributed by atoms with Crippen LogP contribution in [-0.2, 0) is 0 Å². The zero-order valence-corrected chi connectivity index (χ0v) is 22.2. The molecule has 0 spiro atoms. The third kappa shape index (κ3) is 4.27. The van der Waals surface area contributed by atoms with Gasteiger partial charge in [-0.3, -0.25) is 0 Å². The highest BCUT2D eigenvalue weighted by Crippen LogP contribution is 2.43. The highest BCUT2D eigenvalue weighted by atomic mass is 16.3. The number of hydrogen-bond donors (Lipinski definition) is 0. The van der Waals surface area contributed by atoms with E-state index in [0.717, 1.165) is 0 Å². The van der Waals surface area contributed by atoms with Crippen LogP contribution in [0.3, 0.4) is 0 Å². The molecule has 0 saturated heterocycles. The van der Waals surface area contributed by atoms with Crippen LogP contribution in [0.2, 0.25) is 0 Å². The number of nitrogens with zero attached hydrogens (tertiary/aromatic N) is 3. The van der Waals surface area contributed by atoms with E-state index < -0.39 is 240 Å². The van der Waals surface area contributed by atoms with Gasteiger partial charge in [0.05, 0.1) is 34.3 Å². The molecule has 0 N–H and O–H groups in total. The van der Waals surface area contributed by atoms with Crippen molar-refractivity contribution in [2.45, 2.75) is 0 Å². The van der Waals surface area contributed by atoms with Gasteiger partial charge < -0.3 is 4.42 Å². The molecule has 9 rings (SSSR count). The second kappa shape index (κ2) is 10.2. The molecule has 210 valence electrons. The Morgan fingerprint density at radius 1 is 0.444 bits per heavy atom. The topological polar surface area (TPSA) is 51.8 Å². The van der Waals surface area contributed by atoms with Crippen LogP contribution in [-0.4, -0.2) is 15.0 Å². The first-order valence-electron chi connectivity index (χ1n) is 25.5. The summed E-state index contributed by atoms with van der Waals surface area (Å²) in [6.45, 7) is 0. The van der Waals surface area contributed by atoms with Crippen LogP contribution in [0.15, 0.2) is 155 Å². The highest BCUT2D eigenvalue weighted by Gasteiger charge is 2.21. The average Bonchev–Trinajstić information content (AvgIpc) is 3.72. The van der Waals surface area contributed by atoms with Crippen LogP contribution >= 0.6 is 0 Å². The van der Waals surface area contributed by atoms with Crippen molar-refractivity contribution in [3.05, 3.63) is 151 Å². The van der Waals surface area contributed by atoms with E-state index in [4.69, 9.17) is 34.6 Å². The van der Waals surface area contributed by atoms with Gasteiger partial charge in [0.25, 0.3) is 0 Å². The number of fused-ring (bicyclic) bond motifs is 5. The lowest BCUT2D eigenvalue weighted by Crippen LogP contribution is -2.00. The third-order valence-corrected chi connectivity index (χ3v) is 6.74. The quantitative estimate of drug-likeness (QED) is 0.202. The average molecular weight is 601 g/mol. The molecule has 0 atom stereocenters. The maximum atomic E-state index is 9.61. The Morgan fingerprint density at radius 3 is 1.89 bits per heavy atom. The van der Waals surface area contributed by atoms with Crippen molar-refractivity contribution in [2.24, 2.45) is 0 Å². The predicted octanol–water partition coefficient (Wildman–Crippen LogP) is 10.7. The van der Waals surface area contributed by atoms with Gasteiger partial charge in [-0.1, -0.05) is 133 Å². The van der Waals surface area contributed by atoms with Gasteiger partial charge in [0, 0.05) is 33.0 Å². The maximum Gasteiger partial charge on any atom is 0.164 e. The second-order valence-electron chi connectivity index (χ2n) is 9.32. The number of hydrogen-bond acceptors (Lipinski definition) is 4. The molecule has 0 aliphatic heterocycles. The summed E-state index contributed by atoms with van der Waals surface area (Å²) in [7, 11) is 0. The Bertz CT molecular complexity index is 3910. The molecule has 2 aromatic heterocycles. The van der Waals surface area contributed by atoms with Gasteiger partial charge in [-0.05, 0) is 45.2 Å². The van der Waals surface area contributed by atoms with Gasteiger partial charge in [0.15, 0.2) is 17.5 Å². The zero-order chi connectivity index (χ0) is 51.5. The number of aromatic nitrogens is 3. The number of rotatable bonds is 4. The van der Waals surface area contributed by atoms with Crippen molar-refractivity contribution >= 4 is 43.5 Å². The molecule has 2 heterocycles. The fourth-order valence-electron chi connectivity index (χ4n) is 4.85. The molecule has 0 unspecified atom stereocenters. The number of furan rings is 1. The predicted molar refractivity (Wildman–Crippen MR) is 184 cm³/mol. The van der Waals surface area contributed by atoms with Crippen molar-refractivity contribution in [1.82, 2.24) is 15.0 Å². The molecule has 0 aliphatic rings. The summed E-state index contributed by atoms with van der Waals surface area (Å²) in [6.07, 6.45) is 0. The minimum absolute atomic E-state index is 0.530. The van der Waals surface area contributed by atoms with Crippen molar-refractivity contribution in [1.29, 1.82) is 0 Å². The van der Waals surface area contributed by atoms with E-state index >= 15 is 0 Å². The van der Waals surface area contributed by atoms with Gasteiger partial charge in [-0.2, -0.15) is 0 Å². The first-order chi connectivity index (χ1) is 32.7. The fourth-order valence-corrected chi connectivity index (χ4v) is 4.85. The van der Waals surface area contributed by atoms with Crippen LogP contribution < -0.4 is 0 Å². The molecule has 0 amide bonds. The van der Waals surface area contributed by atoms with Crippen molar-refractivity contribution in [3.63, 3.8) is 0 Å². The molecule has 4 nitrogen and oxygen atoms in total. The summed E-state index contributed by atoms with van der Waals surface area (Å²) in [5.74, 6) is -2.46. The van der Waals surface area contributed by atoms with E-state index in [-0.39, 0.29) is 0 Å². The molecule has 0 saturated carbocycles. The van der Waals surface area contributed by atoms with Gasteiger partial charge >= 0.3 is 0 Å². The Hall–Kier alpha value is -6.13. The van der Waals surface area contributed by atoms with Crippen LogP contribution in [0.25, 0.3) is 88.8 Å². The smallest absolute Gasteiger partial charge is 0.164 e. The molecular formula is C41H25N3O. The van der Waals surface area contributed by atoms with Crippen LogP contribution in [0.4, 0.5) is 0 Å². The van der Waals surface area contributed by atoms with Crippen LogP contribution in [0.5, 0.6) is 0 Å². The third-order valence-electron chi connectivity index (χ3n) is 6.74. The Morgan fingerprint density at radius 2 is 1.09 bits per heavy atom. The van der Waals surface area contributed by atoms with Crippen molar-refractivity contribution < 1.29 is 38.7 Å². The Labute approximate surface area is 294 Å². The van der Waals surface area contributed by atoms with E-state index in [1.165, 1.54) is 0 Å². The summed E-state index contributed by atoms with van der Waals surface area (Å²) in [5, 5.41) is -3.33. The van der Waals surface area contributed by atoms with E-state index in [2.05, 4.69) is 15.0 Å². The van der Waals surface area contributed by atoms with E-state index in [0.29, 0.717) is 0 Å². The minimum Gasteiger partial charge on any atom is -0.455 e. The van der Waals surface area contributed by atoms with Crippen molar-refractivity contribution in [2.75, 3.05) is 0 Å². The van der Waals surface area contributed by atoms with E-state index in [1.54, 1.807) is 0 Å². The molecule has 45 heavy (non-hydrogen) atoms. The molecule has 0 fully saturated rings. The molecule has 0 aliphatic carbocycles. The molecule has 0 radical (unpaired) electrons. The van der Waals surface area contributed by atoms with Crippen LogP contribution in [0.1, 0.15) is 34.3 Å². The first kappa shape index (κ1) is 10.8. The summed E-state index contributed by atoms with van der Waals surface area (Å²) in [6, 6.07) is -21.5. The first-order valence-corrected chi connectivity index (χ1v) is 13.0. The molecular weight excluding hydrogens is 550 g/mol. The summed E-state index contributed by atoms with van der Waals surface area (Å²) < 4.78 is 225. The summed E-state index contributed by atoms with van der Waals surface area (Å²) >= 11 is 0. The lowest BCUT2D eigenvalue weighted by molar-refractivity contribution is 0.670. The van der Waals surface area contributed by atoms with E-state index in [9.17, 15) is 4.11 Å². The van der Waals surface area contributed by atoms with Crippen molar-refractivity contribution in [3.8, 4) is 45.3 Å². The molecule has 4 heteroatoms. The zero-order valence-electron chi connectivity index (χ0n) is 47.2. The summed E-state index contributed by atoms with van der Waals surface area (Å²) in [4.78, 5) is 13.1. The largest absolute Gasteiger partial charge is 0.455 e. The standard InChI is InChI=1S/C41H25N3O/c1-3-13-27(14-4-1)36-32-19-10-9-18-30(32)25-34-37-33(20-11-21-35(37)45-38(34)36)41-43-39(28-15-5-2-6-16-28)42-40(44-41)31-23-22-26-12-7-8-17-29(26)24-31/h1-25H/i1D,2D,3D,4D,5D,6D,7D,8D,9D,10D,11D,12D,13D,14D,15D,16D,17D,18D,19D,20D,21D,22D,23D,24D,25D. The fraction of sp³-hybridized carbons (Fsp3) is 0. The lowest BCUT2D eigenvalue weighted by Gasteiger charge is -2.10. The normalized spacial score (nSPS) is 19.3. The Kier molecular flexibility index (Phi) is 2.46. The van der Waals surface area contributed by atoms with Gasteiger partial charge in [-0.25, -0.2) is 15.0 Å². The highest BCUT2D eigenvalue weighted by molar-refractivity contribution is 6.21. The van der Waals surface area contributed by atoms with Gasteiger partial charge in [-0.15, -0.1) is 0 Å². The van der Waals surface area contributed by atoms with Crippen LogP contribution in [0, 0.1) is 0 Å². The number of benzene rings is 7. The molecule has 0 bridgehead atoms. The van der Waals surface area contributed by atoms with Gasteiger partial charge in [0.1, 0.15) is 11.2 Å². The summed E-state index contributed by atoms with van der Waals surface area (Å²) in [5.41, 5.74) is -4.70. The minimum atomic E-state index is -0.936. The maximum absolute atomic E-state index is 9.61. The molecule has 7 aromatic carbocycles. The second-order valence-corrected chi connectivity index (χ2v) is 9.32. The lowest BCUT2D eigenvalue weighted by atomic mass is 9.94. The van der Waals surface area contributed by atoms with Gasteiger partial charge in [0.2, 0.25) is 0 Å². The molecule has 9 aromatic rings.